The molecule has 0 aliphatic carbocycles. The molecular formula is C23H28FN5O2. The topological polar surface area (TPSA) is 84.6 Å². The monoisotopic (exact) mass is 425 g/mol. The number of guanidine groups is 1. The second-order valence-electron chi connectivity index (χ2n) is 6.85. The minimum absolute atomic E-state index is 0.306. The highest BCUT2D eigenvalue weighted by Crippen LogP contribution is 2.20. The predicted octanol–water partition coefficient (Wildman–Crippen LogP) is 4.38. The molecule has 1 aromatic carbocycles. The van der Waals surface area contributed by atoms with Crippen LogP contribution in [-0.4, -0.2) is 22.6 Å². The van der Waals surface area contributed by atoms with Gasteiger partial charge in [0.15, 0.2) is 5.96 Å². The smallest absolute Gasteiger partial charge is 0.219 e. The molecule has 0 saturated carbocycles. The lowest BCUT2D eigenvalue weighted by Gasteiger charge is -2.12. The van der Waals surface area contributed by atoms with Gasteiger partial charge in [0.1, 0.15) is 17.3 Å². The van der Waals surface area contributed by atoms with Crippen LogP contribution < -0.4 is 15.4 Å². The number of nitrogens with zero attached hydrogens (tertiary/aromatic N) is 3. The fraction of sp³-hybridized carbons (Fsp3) is 0.348. The molecule has 3 rings (SSSR count). The van der Waals surface area contributed by atoms with Crippen molar-refractivity contribution >= 4 is 5.96 Å². The van der Waals surface area contributed by atoms with Gasteiger partial charge in [-0.25, -0.2) is 14.4 Å². The van der Waals surface area contributed by atoms with Crippen LogP contribution in [0.5, 0.6) is 11.6 Å². The van der Waals surface area contributed by atoms with Crippen molar-refractivity contribution in [2.75, 3.05) is 6.54 Å². The number of aliphatic imine (C=N–C) groups is 1. The van der Waals surface area contributed by atoms with Crippen LogP contribution in [-0.2, 0) is 25.9 Å². The number of aryl methyl sites for hydroxylation is 2. The summed E-state index contributed by atoms with van der Waals surface area (Å²) < 4.78 is 24.0. The average Bonchev–Trinajstić information content (AvgIpc) is 3.20. The van der Waals surface area contributed by atoms with Gasteiger partial charge in [0.05, 0.1) is 12.2 Å². The molecular weight excluding hydrogens is 397 g/mol. The molecule has 0 atom stereocenters. The third-order valence-corrected chi connectivity index (χ3v) is 4.64. The van der Waals surface area contributed by atoms with Gasteiger partial charge < -0.3 is 19.9 Å². The molecule has 0 aliphatic rings. The summed E-state index contributed by atoms with van der Waals surface area (Å²) in [5.41, 5.74) is 3.01. The van der Waals surface area contributed by atoms with Crippen molar-refractivity contribution < 1.29 is 13.7 Å². The summed E-state index contributed by atoms with van der Waals surface area (Å²) in [4.78, 5) is 8.94. The molecule has 2 heterocycles. The number of ether oxygens (including phenoxy) is 1. The van der Waals surface area contributed by atoms with E-state index in [0.29, 0.717) is 30.7 Å². The van der Waals surface area contributed by atoms with Gasteiger partial charge in [-0.15, -0.1) is 0 Å². The Morgan fingerprint density at radius 1 is 1.06 bits per heavy atom. The molecule has 0 amide bonds. The molecule has 0 saturated heterocycles. The van der Waals surface area contributed by atoms with Crippen molar-refractivity contribution in [3.05, 3.63) is 71.0 Å². The normalized spacial score (nSPS) is 11.4. The van der Waals surface area contributed by atoms with Crippen molar-refractivity contribution in [3.8, 4) is 11.6 Å². The van der Waals surface area contributed by atoms with E-state index >= 15 is 0 Å². The Balaban J connectivity index is 1.61. The van der Waals surface area contributed by atoms with E-state index in [4.69, 9.17) is 9.26 Å². The maximum Gasteiger partial charge on any atom is 0.219 e. The highest BCUT2D eigenvalue weighted by atomic mass is 19.1. The number of hydrogen-bond acceptors (Lipinski definition) is 5. The summed E-state index contributed by atoms with van der Waals surface area (Å²) in [6, 6.07) is 9.50. The van der Waals surface area contributed by atoms with E-state index < -0.39 is 0 Å². The molecule has 0 spiro atoms. The molecule has 7 nitrogen and oxygen atoms in total. The number of pyridine rings is 1. The Morgan fingerprint density at radius 3 is 2.52 bits per heavy atom. The Labute approximate surface area is 181 Å². The van der Waals surface area contributed by atoms with Gasteiger partial charge in [0.25, 0.3) is 0 Å². The number of halogens is 1. The van der Waals surface area contributed by atoms with Crippen LogP contribution in [0.1, 0.15) is 43.4 Å². The van der Waals surface area contributed by atoms with E-state index in [2.05, 4.69) is 39.6 Å². The van der Waals surface area contributed by atoms with Crippen LogP contribution in [0.15, 0.2) is 52.1 Å². The molecule has 0 fully saturated rings. The number of nitrogens with one attached hydrogen (secondary N) is 2. The fourth-order valence-electron chi connectivity index (χ4n) is 3.01. The Hall–Kier alpha value is -3.42. The van der Waals surface area contributed by atoms with Crippen LogP contribution in [0, 0.1) is 5.82 Å². The molecule has 31 heavy (non-hydrogen) atoms. The number of aromatic nitrogens is 2. The van der Waals surface area contributed by atoms with Crippen LogP contribution >= 0.6 is 0 Å². The van der Waals surface area contributed by atoms with Crippen LogP contribution in [0.25, 0.3) is 0 Å². The van der Waals surface area contributed by atoms with Crippen molar-refractivity contribution in [1.82, 2.24) is 20.8 Å². The molecule has 0 radical (unpaired) electrons. The summed E-state index contributed by atoms with van der Waals surface area (Å²) in [5.74, 6) is 2.28. The summed E-state index contributed by atoms with van der Waals surface area (Å²) in [6.07, 6.45) is 3.35. The van der Waals surface area contributed by atoms with E-state index in [1.165, 1.54) is 12.1 Å². The zero-order valence-electron chi connectivity index (χ0n) is 18.1. The van der Waals surface area contributed by atoms with Crippen molar-refractivity contribution in [3.63, 3.8) is 0 Å². The minimum Gasteiger partial charge on any atom is -0.439 e. The number of hydrogen-bond donors (Lipinski definition) is 2. The highest BCUT2D eigenvalue weighted by molar-refractivity contribution is 5.79. The van der Waals surface area contributed by atoms with Crippen molar-refractivity contribution in [1.29, 1.82) is 0 Å². The summed E-state index contributed by atoms with van der Waals surface area (Å²) in [6.45, 7) is 7.96. The lowest BCUT2D eigenvalue weighted by Crippen LogP contribution is -2.37. The second-order valence-corrected chi connectivity index (χ2v) is 6.85. The first-order valence-electron chi connectivity index (χ1n) is 10.5. The molecule has 3 aromatic rings. The number of benzene rings is 1. The van der Waals surface area contributed by atoms with Gasteiger partial charge in [0.2, 0.25) is 5.88 Å². The Kier molecular flexibility index (Phi) is 7.98. The largest absolute Gasteiger partial charge is 0.439 e. The molecule has 8 heteroatoms. The van der Waals surface area contributed by atoms with Gasteiger partial charge in [-0.1, -0.05) is 25.1 Å². The predicted molar refractivity (Wildman–Crippen MR) is 118 cm³/mol. The van der Waals surface area contributed by atoms with Gasteiger partial charge in [0, 0.05) is 37.3 Å². The third kappa shape index (κ3) is 6.28. The van der Waals surface area contributed by atoms with Gasteiger partial charge in [-0.05, 0) is 43.2 Å². The number of rotatable bonds is 9. The van der Waals surface area contributed by atoms with Gasteiger partial charge >= 0.3 is 0 Å². The molecule has 0 unspecified atom stereocenters. The second kappa shape index (κ2) is 11.1. The average molecular weight is 426 g/mol. The summed E-state index contributed by atoms with van der Waals surface area (Å²) in [7, 11) is 0. The van der Waals surface area contributed by atoms with Gasteiger partial charge in [-0.3, -0.25) is 0 Å². The molecule has 2 aromatic heterocycles. The lowest BCUT2D eigenvalue weighted by molar-refractivity contribution is 0.380. The van der Waals surface area contributed by atoms with Crippen LogP contribution in [0.4, 0.5) is 4.39 Å². The molecule has 2 N–H and O–H groups in total. The Bertz CT molecular complexity index is 963. The van der Waals surface area contributed by atoms with Crippen LogP contribution in [0.3, 0.4) is 0 Å². The quantitative estimate of drug-likeness (QED) is 0.391. The van der Waals surface area contributed by atoms with E-state index in [1.807, 2.05) is 13.0 Å². The van der Waals surface area contributed by atoms with E-state index in [-0.39, 0.29) is 5.82 Å². The first-order valence-corrected chi connectivity index (χ1v) is 10.5. The molecule has 164 valence electrons. The van der Waals surface area contributed by atoms with E-state index in [1.54, 1.807) is 24.4 Å². The molecule has 0 bridgehead atoms. The van der Waals surface area contributed by atoms with Crippen LogP contribution in [0.2, 0.25) is 0 Å². The van der Waals surface area contributed by atoms with Gasteiger partial charge in [-0.2, -0.15) is 0 Å². The van der Waals surface area contributed by atoms with E-state index in [0.717, 1.165) is 42.0 Å². The lowest BCUT2D eigenvalue weighted by atomic mass is 10.1. The van der Waals surface area contributed by atoms with Crippen molar-refractivity contribution in [2.45, 2.75) is 46.7 Å². The molecule has 0 aliphatic heterocycles. The SMILES string of the molecule is CCNC(=NCc1ccc(Oc2ccc(F)cc2)nc1)NCc1c(CC)noc1CC. The first kappa shape index (κ1) is 22.3. The van der Waals surface area contributed by atoms with E-state index in [9.17, 15) is 4.39 Å². The summed E-state index contributed by atoms with van der Waals surface area (Å²) >= 11 is 0. The maximum atomic E-state index is 13.0. The minimum atomic E-state index is -0.306. The first-order chi connectivity index (χ1) is 15.1. The highest BCUT2D eigenvalue weighted by Gasteiger charge is 2.13. The Morgan fingerprint density at radius 2 is 1.87 bits per heavy atom. The third-order valence-electron chi connectivity index (χ3n) is 4.64. The maximum absolute atomic E-state index is 13.0. The fourth-order valence-corrected chi connectivity index (χ4v) is 3.01. The zero-order valence-corrected chi connectivity index (χ0v) is 18.1. The zero-order chi connectivity index (χ0) is 22.1. The standard InChI is InChI=1S/C23H28FN5O2/c1-4-20-19(21(5-2)31-29-20)15-28-23(25-6-3)27-14-16-7-12-22(26-13-16)30-18-10-8-17(24)9-11-18/h7-13H,4-6,14-15H2,1-3H3,(H2,25,27,28). The van der Waals surface area contributed by atoms with Crippen molar-refractivity contribution in [2.24, 2.45) is 4.99 Å². The summed E-state index contributed by atoms with van der Waals surface area (Å²) in [5, 5.41) is 10.8.